The zero-order chi connectivity index (χ0) is 64.5. The van der Waals surface area contributed by atoms with Crippen LogP contribution in [0.2, 0.25) is 0 Å². The molecule has 0 aromatic carbocycles. The monoisotopic (exact) mass is 1270 g/mol. The van der Waals surface area contributed by atoms with Crippen molar-refractivity contribution in [2.75, 3.05) is 19.8 Å². The summed E-state index contributed by atoms with van der Waals surface area (Å²) in [5, 5.41) is 87.5. The number of aliphatic hydroxyl groups excluding tert-OH is 8. The highest BCUT2D eigenvalue weighted by atomic mass is 16.7. The van der Waals surface area contributed by atoms with Crippen molar-refractivity contribution < 1.29 is 64.6 Å². The molecule has 2 aliphatic heterocycles. The third-order valence-electron chi connectivity index (χ3n) is 19.2. The Morgan fingerprint density at radius 2 is 0.697 bits per heavy atom. The molecule has 0 aromatic heterocycles. The topological polar surface area (TPSA) is 228 Å². The number of carbonyl (C=O) groups excluding carboxylic acids is 1. The number of hydrogen-bond acceptors (Lipinski definition) is 13. The van der Waals surface area contributed by atoms with E-state index in [9.17, 15) is 45.6 Å². The summed E-state index contributed by atoms with van der Waals surface area (Å²) < 4.78 is 22.9. The van der Waals surface area contributed by atoms with Crippen molar-refractivity contribution in [2.45, 2.75) is 441 Å². The van der Waals surface area contributed by atoms with Gasteiger partial charge in [-0.05, 0) is 19.3 Å². The van der Waals surface area contributed by atoms with E-state index in [2.05, 4.69) is 19.2 Å². The Labute approximate surface area is 546 Å². The van der Waals surface area contributed by atoms with Crippen molar-refractivity contribution >= 4 is 5.91 Å². The number of rotatable bonds is 65. The van der Waals surface area contributed by atoms with Crippen molar-refractivity contribution in [3.05, 3.63) is 12.2 Å². The molecule has 14 nitrogen and oxygen atoms in total. The third-order valence-corrected chi connectivity index (χ3v) is 19.2. The fraction of sp³-hybridized carbons (Fsp3) is 0.960. The average Bonchev–Trinajstić information content (AvgIpc) is 2.38. The highest BCUT2D eigenvalue weighted by Crippen LogP contribution is 2.30. The van der Waals surface area contributed by atoms with Gasteiger partial charge in [-0.1, -0.05) is 353 Å². The summed E-state index contributed by atoms with van der Waals surface area (Å²) >= 11 is 0. The van der Waals surface area contributed by atoms with Crippen LogP contribution in [-0.4, -0.2) is 140 Å². The molecule has 528 valence electrons. The lowest BCUT2D eigenvalue weighted by atomic mass is 9.97. The van der Waals surface area contributed by atoms with Gasteiger partial charge in [0.1, 0.15) is 48.8 Å². The number of nitrogens with one attached hydrogen (secondary N) is 1. The number of amides is 1. The van der Waals surface area contributed by atoms with E-state index in [0.717, 1.165) is 44.9 Å². The van der Waals surface area contributed by atoms with E-state index in [4.69, 9.17) is 18.9 Å². The molecular weight excluding hydrogens is 1120 g/mol. The predicted molar refractivity (Wildman–Crippen MR) is 365 cm³/mol. The van der Waals surface area contributed by atoms with Gasteiger partial charge in [-0.3, -0.25) is 4.79 Å². The van der Waals surface area contributed by atoms with Crippen molar-refractivity contribution in [3.8, 4) is 0 Å². The maximum absolute atomic E-state index is 13.4. The molecule has 0 saturated carbocycles. The molecule has 0 aliphatic carbocycles. The Bertz CT molecular complexity index is 1540. The van der Waals surface area contributed by atoms with E-state index >= 15 is 0 Å². The van der Waals surface area contributed by atoms with E-state index in [-0.39, 0.29) is 18.9 Å². The Morgan fingerprint density at radius 3 is 1.03 bits per heavy atom. The zero-order valence-electron chi connectivity index (χ0n) is 57.7. The van der Waals surface area contributed by atoms with Gasteiger partial charge in [-0.15, -0.1) is 0 Å². The smallest absolute Gasteiger partial charge is 0.220 e. The minimum absolute atomic E-state index is 0.230. The van der Waals surface area contributed by atoms with Gasteiger partial charge in [0.2, 0.25) is 5.91 Å². The van der Waals surface area contributed by atoms with Crippen molar-refractivity contribution in [2.24, 2.45) is 0 Å². The summed E-state index contributed by atoms with van der Waals surface area (Å²) in [6, 6.07) is -0.912. The lowest BCUT2D eigenvalue weighted by Crippen LogP contribution is -2.65. The summed E-state index contributed by atoms with van der Waals surface area (Å²) in [6.45, 7) is 2.87. The molecule has 9 N–H and O–H groups in total. The first-order valence-corrected chi connectivity index (χ1v) is 38.4. The Balaban J connectivity index is 1.60. The normalized spacial score (nSPS) is 23.0. The lowest BCUT2D eigenvalue weighted by Gasteiger charge is -2.46. The third kappa shape index (κ3) is 44.2. The molecule has 12 atom stereocenters. The molecule has 1 amide bonds. The number of ether oxygens (including phenoxy) is 4. The van der Waals surface area contributed by atoms with Gasteiger partial charge in [0.15, 0.2) is 12.6 Å². The van der Waals surface area contributed by atoms with Crippen LogP contribution < -0.4 is 5.32 Å². The molecule has 89 heavy (non-hydrogen) atoms. The summed E-state index contributed by atoms with van der Waals surface area (Å²) in [7, 11) is 0. The minimum Gasteiger partial charge on any atom is -0.394 e. The Kier molecular flexibility index (Phi) is 56.9. The maximum Gasteiger partial charge on any atom is 0.220 e. The number of aliphatic hydroxyl groups is 8. The molecule has 2 heterocycles. The second-order valence-electron chi connectivity index (χ2n) is 27.5. The van der Waals surface area contributed by atoms with E-state index in [1.54, 1.807) is 6.08 Å². The highest BCUT2D eigenvalue weighted by Gasteiger charge is 2.51. The standard InChI is InChI=1S/C75H145NO13/c1-3-5-7-9-11-13-15-17-19-21-23-25-26-27-28-29-30-31-32-33-34-35-36-37-39-41-43-45-47-49-51-53-55-57-59-67(80)76-63(64(79)58-56-54-52-50-48-46-44-42-40-38-24-22-20-18-16-14-12-10-8-6-4-2)62-86-74-72(85)70(83)73(66(61-78)88-74)89-75-71(84)69(82)68(81)65(60-77)87-75/h56,58,63-66,68-75,77-79,81-85H,3-55,57,59-62H2,1-2H3,(H,76,80)/b58-56+. The molecule has 2 saturated heterocycles. The number of carbonyl (C=O) groups is 1. The van der Waals surface area contributed by atoms with Crippen molar-refractivity contribution in [3.63, 3.8) is 0 Å². The van der Waals surface area contributed by atoms with E-state index in [1.807, 2.05) is 6.08 Å². The van der Waals surface area contributed by atoms with Gasteiger partial charge in [0.25, 0.3) is 0 Å². The molecule has 0 spiro atoms. The van der Waals surface area contributed by atoms with Crippen LogP contribution in [-0.2, 0) is 23.7 Å². The summed E-state index contributed by atoms with van der Waals surface area (Å²) in [6.07, 6.45) is 58.6. The van der Waals surface area contributed by atoms with Crippen LogP contribution in [0.25, 0.3) is 0 Å². The first-order valence-electron chi connectivity index (χ1n) is 38.4. The lowest BCUT2D eigenvalue weighted by molar-refractivity contribution is -0.359. The van der Waals surface area contributed by atoms with Gasteiger partial charge < -0.3 is 65.1 Å². The predicted octanol–water partition coefficient (Wildman–Crippen LogP) is 16.5. The van der Waals surface area contributed by atoms with Crippen LogP contribution in [0.1, 0.15) is 367 Å². The first kappa shape index (κ1) is 83.8. The molecule has 2 aliphatic rings. The van der Waals surface area contributed by atoms with Crippen LogP contribution in [0.5, 0.6) is 0 Å². The fourth-order valence-electron chi connectivity index (χ4n) is 13.1. The molecule has 2 rings (SSSR count). The molecule has 14 heteroatoms. The maximum atomic E-state index is 13.4. The van der Waals surface area contributed by atoms with Gasteiger partial charge in [0, 0.05) is 6.42 Å². The Morgan fingerprint density at radius 1 is 0.393 bits per heavy atom. The summed E-state index contributed by atoms with van der Waals surface area (Å²) in [5.41, 5.74) is 0. The second kappa shape index (κ2) is 60.4. The molecule has 0 radical (unpaired) electrons. The van der Waals surface area contributed by atoms with E-state index in [0.29, 0.717) is 0 Å². The van der Waals surface area contributed by atoms with Gasteiger partial charge in [-0.2, -0.15) is 0 Å². The van der Waals surface area contributed by atoms with Gasteiger partial charge in [-0.25, -0.2) is 0 Å². The largest absolute Gasteiger partial charge is 0.394 e. The van der Waals surface area contributed by atoms with Crippen LogP contribution in [0.4, 0.5) is 0 Å². The SMILES string of the molecule is CCCCCCCCCCCCCCCCCCCCC/C=C/C(O)C(COC1OC(CO)C(OC2OC(CO)C(O)C(O)C2O)C(O)C1O)NC(=O)CCCCCCCCCCCCCCCCCCCCCCCCCCCCCCCCCCCC. The van der Waals surface area contributed by atoms with Crippen LogP contribution in [0, 0.1) is 0 Å². The quantitative estimate of drug-likeness (QED) is 0.0204. The molecule has 12 unspecified atom stereocenters. The van der Waals surface area contributed by atoms with Crippen LogP contribution in [0.3, 0.4) is 0 Å². The molecule has 0 aromatic rings. The highest BCUT2D eigenvalue weighted by molar-refractivity contribution is 5.76. The molecule has 0 bridgehead atoms. The van der Waals surface area contributed by atoms with Crippen molar-refractivity contribution in [1.29, 1.82) is 0 Å². The first-order chi connectivity index (χ1) is 43.6. The van der Waals surface area contributed by atoms with Crippen LogP contribution >= 0.6 is 0 Å². The van der Waals surface area contributed by atoms with Gasteiger partial charge >= 0.3 is 0 Å². The number of unbranched alkanes of at least 4 members (excludes halogenated alkanes) is 52. The summed E-state index contributed by atoms with van der Waals surface area (Å²) in [4.78, 5) is 13.4. The second-order valence-corrected chi connectivity index (χ2v) is 27.5. The minimum atomic E-state index is -1.79. The van der Waals surface area contributed by atoms with E-state index < -0.39 is 86.8 Å². The van der Waals surface area contributed by atoms with Gasteiger partial charge in [0.05, 0.1) is 32.0 Å². The molecular formula is C75H145NO13. The van der Waals surface area contributed by atoms with Crippen LogP contribution in [0.15, 0.2) is 12.2 Å². The summed E-state index contributed by atoms with van der Waals surface area (Å²) in [5.74, 6) is -0.230. The zero-order valence-corrected chi connectivity index (χ0v) is 57.7. The average molecular weight is 1270 g/mol. The Hall–Kier alpha value is -1.27. The number of allylic oxidation sites excluding steroid dienone is 1. The number of hydrogen-bond donors (Lipinski definition) is 9. The van der Waals surface area contributed by atoms with Crippen molar-refractivity contribution in [1.82, 2.24) is 5.32 Å². The fourth-order valence-corrected chi connectivity index (χ4v) is 13.1. The molecule has 2 fully saturated rings. The van der Waals surface area contributed by atoms with E-state index in [1.165, 1.54) is 302 Å².